The Kier molecular flexibility index (Phi) is 5.84. The third-order valence-corrected chi connectivity index (χ3v) is 3.82. The van der Waals surface area contributed by atoms with Crippen LogP contribution in [0.5, 0.6) is 0 Å². The lowest BCUT2D eigenvalue weighted by molar-refractivity contribution is 0.220. The van der Waals surface area contributed by atoms with E-state index < -0.39 is 0 Å². The number of urea groups is 1. The van der Waals surface area contributed by atoms with E-state index in [4.69, 9.17) is 11.6 Å². The van der Waals surface area contributed by atoms with E-state index in [1.165, 1.54) is 5.56 Å². The molecule has 2 amide bonds. The fourth-order valence-corrected chi connectivity index (χ4v) is 2.41. The van der Waals surface area contributed by atoms with Gasteiger partial charge in [0.05, 0.1) is 0 Å². The Morgan fingerprint density at radius 2 is 1.82 bits per heavy atom. The zero-order valence-electron chi connectivity index (χ0n) is 13.0. The molecule has 22 heavy (non-hydrogen) atoms. The van der Waals surface area contributed by atoms with E-state index in [1.54, 1.807) is 11.9 Å². The van der Waals surface area contributed by atoms with E-state index >= 15 is 0 Å². The first-order valence-electron chi connectivity index (χ1n) is 7.44. The highest BCUT2D eigenvalue weighted by molar-refractivity contribution is 6.31. The highest BCUT2D eigenvalue weighted by atomic mass is 35.5. The van der Waals surface area contributed by atoms with Crippen molar-refractivity contribution in [3.8, 4) is 0 Å². The minimum Gasteiger partial charge on any atom is -0.323 e. The Balaban J connectivity index is 1.95. The van der Waals surface area contributed by atoms with Gasteiger partial charge in [-0.15, -0.1) is 0 Å². The van der Waals surface area contributed by atoms with Gasteiger partial charge in [0.15, 0.2) is 0 Å². The number of amides is 2. The molecule has 0 aromatic heterocycles. The number of carbonyl (C=O) groups excluding carboxylic acids is 1. The number of hydrogen-bond donors (Lipinski definition) is 1. The summed E-state index contributed by atoms with van der Waals surface area (Å²) in [4.78, 5) is 13.8. The van der Waals surface area contributed by atoms with Crippen molar-refractivity contribution in [1.82, 2.24) is 4.90 Å². The van der Waals surface area contributed by atoms with Crippen LogP contribution in [0.1, 0.15) is 24.5 Å². The van der Waals surface area contributed by atoms with Crippen LogP contribution in [-0.4, -0.2) is 18.0 Å². The summed E-state index contributed by atoms with van der Waals surface area (Å²) in [5.41, 5.74) is 3.01. The van der Waals surface area contributed by atoms with Gasteiger partial charge in [-0.3, -0.25) is 0 Å². The highest BCUT2D eigenvalue weighted by Crippen LogP contribution is 2.17. The number of nitrogens with one attached hydrogen (secondary N) is 1. The number of nitrogens with zero attached hydrogens (tertiary/aromatic N) is 1. The molecule has 2 aromatic carbocycles. The van der Waals surface area contributed by atoms with Crippen LogP contribution < -0.4 is 5.32 Å². The summed E-state index contributed by atoms with van der Waals surface area (Å²) < 4.78 is 0. The van der Waals surface area contributed by atoms with Gasteiger partial charge in [0, 0.05) is 24.3 Å². The molecule has 0 unspecified atom stereocenters. The molecule has 0 aliphatic carbocycles. The molecule has 2 aromatic rings. The number of halogens is 1. The molecule has 0 aliphatic heterocycles. The molecule has 0 radical (unpaired) electrons. The Hall–Kier alpha value is -2.00. The number of aryl methyl sites for hydroxylation is 1. The third-order valence-electron chi connectivity index (χ3n) is 3.46. The van der Waals surface area contributed by atoms with Crippen molar-refractivity contribution >= 4 is 23.3 Å². The van der Waals surface area contributed by atoms with E-state index in [2.05, 4.69) is 12.2 Å². The normalized spacial score (nSPS) is 10.3. The van der Waals surface area contributed by atoms with Crippen molar-refractivity contribution in [3.63, 3.8) is 0 Å². The Labute approximate surface area is 136 Å². The zero-order chi connectivity index (χ0) is 15.9. The third kappa shape index (κ3) is 4.50. The van der Waals surface area contributed by atoms with Gasteiger partial charge in [0.2, 0.25) is 0 Å². The van der Waals surface area contributed by atoms with Gasteiger partial charge in [0.25, 0.3) is 0 Å². The SMILES string of the molecule is CCCc1ccc(NC(=O)N(C)Cc2ccccc2Cl)cc1. The van der Waals surface area contributed by atoms with E-state index in [0.29, 0.717) is 11.6 Å². The summed E-state index contributed by atoms with van der Waals surface area (Å²) >= 11 is 6.12. The average molecular weight is 317 g/mol. The fourth-order valence-electron chi connectivity index (χ4n) is 2.22. The number of rotatable bonds is 5. The summed E-state index contributed by atoms with van der Waals surface area (Å²) in [6, 6.07) is 15.4. The van der Waals surface area contributed by atoms with E-state index in [-0.39, 0.29) is 6.03 Å². The maximum absolute atomic E-state index is 12.2. The first-order chi connectivity index (χ1) is 10.6. The van der Waals surface area contributed by atoms with E-state index in [0.717, 1.165) is 24.1 Å². The first kappa shape index (κ1) is 16.4. The molecule has 0 fully saturated rings. The smallest absolute Gasteiger partial charge is 0.321 e. The van der Waals surface area contributed by atoms with Crippen LogP contribution in [0.25, 0.3) is 0 Å². The molecule has 2 rings (SSSR count). The molecule has 3 nitrogen and oxygen atoms in total. The van der Waals surface area contributed by atoms with Crippen LogP contribution in [0.2, 0.25) is 5.02 Å². The molecule has 0 atom stereocenters. The van der Waals surface area contributed by atoms with Crippen LogP contribution >= 0.6 is 11.6 Å². The van der Waals surface area contributed by atoms with Crippen molar-refractivity contribution < 1.29 is 4.79 Å². The van der Waals surface area contributed by atoms with Crippen molar-refractivity contribution in [2.24, 2.45) is 0 Å². The fraction of sp³-hybridized carbons (Fsp3) is 0.278. The molecule has 0 spiro atoms. The second kappa shape index (κ2) is 7.85. The van der Waals surface area contributed by atoms with Gasteiger partial charge in [-0.2, -0.15) is 0 Å². The molecule has 0 aliphatic rings. The molecule has 0 saturated carbocycles. The van der Waals surface area contributed by atoms with Gasteiger partial charge in [-0.1, -0.05) is 55.3 Å². The Morgan fingerprint density at radius 1 is 1.14 bits per heavy atom. The van der Waals surface area contributed by atoms with Gasteiger partial charge < -0.3 is 10.2 Å². The summed E-state index contributed by atoms with van der Waals surface area (Å²) in [6.45, 7) is 2.62. The molecule has 1 N–H and O–H groups in total. The Bertz CT molecular complexity index is 625. The number of carbonyl (C=O) groups is 1. The topological polar surface area (TPSA) is 32.3 Å². The van der Waals surface area contributed by atoms with Crippen LogP contribution in [0.15, 0.2) is 48.5 Å². The van der Waals surface area contributed by atoms with Crippen LogP contribution in [0.4, 0.5) is 10.5 Å². The van der Waals surface area contributed by atoms with Crippen molar-refractivity contribution in [2.75, 3.05) is 12.4 Å². The lowest BCUT2D eigenvalue weighted by Crippen LogP contribution is -2.30. The lowest BCUT2D eigenvalue weighted by atomic mass is 10.1. The molecule has 4 heteroatoms. The largest absolute Gasteiger partial charge is 0.323 e. The van der Waals surface area contributed by atoms with E-state index in [9.17, 15) is 4.79 Å². The summed E-state index contributed by atoms with van der Waals surface area (Å²) in [5, 5.41) is 3.57. The molecule has 0 bridgehead atoms. The molecular weight excluding hydrogens is 296 g/mol. The number of hydrogen-bond acceptors (Lipinski definition) is 1. The Morgan fingerprint density at radius 3 is 2.45 bits per heavy atom. The monoisotopic (exact) mass is 316 g/mol. The maximum atomic E-state index is 12.2. The second-order valence-electron chi connectivity index (χ2n) is 5.32. The summed E-state index contributed by atoms with van der Waals surface area (Å²) in [5.74, 6) is 0. The first-order valence-corrected chi connectivity index (χ1v) is 7.82. The van der Waals surface area contributed by atoms with Crippen LogP contribution in [-0.2, 0) is 13.0 Å². The highest BCUT2D eigenvalue weighted by Gasteiger charge is 2.11. The van der Waals surface area contributed by atoms with Gasteiger partial charge >= 0.3 is 6.03 Å². The zero-order valence-corrected chi connectivity index (χ0v) is 13.7. The minimum atomic E-state index is -0.150. The lowest BCUT2D eigenvalue weighted by Gasteiger charge is -2.19. The minimum absolute atomic E-state index is 0.150. The second-order valence-corrected chi connectivity index (χ2v) is 5.73. The summed E-state index contributed by atoms with van der Waals surface area (Å²) in [7, 11) is 1.75. The predicted octanol–water partition coefficient (Wildman–Crippen LogP) is 4.96. The number of anilines is 1. The van der Waals surface area contributed by atoms with Crippen molar-refractivity contribution in [3.05, 3.63) is 64.7 Å². The molecular formula is C18H21ClN2O. The molecule has 0 heterocycles. The van der Waals surface area contributed by atoms with E-state index in [1.807, 2.05) is 48.5 Å². The average Bonchev–Trinajstić information content (AvgIpc) is 2.51. The number of benzene rings is 2. The standard InChI is InChI=1S/C18H21ClN2O/c1-3-6-14-9-11-16(12-10-14)20-18(22)21(2)13-15-7-4-5-8-17(15)19/h4-5,7-12H,3,6,13H2,1-2H3,(H,20,22). The molecule has 116 valence electrons. The van der Waals surface area contributed by atoms with Gasteiger partial charge in [-0.05, 0) is 35.7 Å². The maximum Gasteiger partial charge on any atom is 0.321 e. The van der Waals surface area contributed by atoms with Crippen LogP contribution in [0, 0.1) is 0 Å². The summed E-state index contributed by atoms with van der Waals surface area (Å²) in [6.07, 6.45) is 2.17. The van der Waals surface area contributed by atoms with Crippen molar-refractivity contribution in [1.29, 1.82) is 0 Å². The van der Waals surface area contributed by atoms with Gasteiger partial charge in [0.1, 0.15) is 0 Å². The van der Waals surface area contributed by atoms with Gasteiger partial charge in [-0.25, -0.2) is 4.79 Å². The quantitative estimate of drug-likeness (QED) is 0.831. The van der Waals surface area contributed by atoms with Crippen molar-refractivity contribution in [2.45, 2.75) is 26.3 Å². The predicted molar refractivity (Wildman–Crippen MR) is 92.4 cm³/mol. The van der Waals surface area contributed by atoms with Crippen LogP contribution in [0.3, 0.4) is 0 Å². The molecule has 0 saturated heterocycles.